The van der Waals surface area contributed by atoms with Gasteiger partial charge in [-0.1, -0.05) is 0 Å². The van der Waals surface area contributed by atoms with E-state index in [0.717, 1.165) is 12.1 Å². The van der Waals surface area contributed by atoms with Crippen molar-refractivity contribution in [3.05, 3.63) is 39.4 Å². The first-order chi connectivity index (χ1) is 12.0. The molecule has 2 aromatic rings. The molecule has 0 fully saturated rings. The van der Waals surface area contributed by atoms with Gasteiger partial charge in [0, 0.05) is 17.5 Å². The van der Waals surface area contributed by atoms with E-state index in [0.29, 0.717) is 4.52 Å². The van der Waals surface area contributed by atoms with Crippen molar-refractivity contribution in [3.8, 4) is 0 Å². The van der Waals surface area contributed by atoms with Gasteiger partial charge in [0.05, 0.1) is 11.1 Å². The molecule has 0 atom stereocenters. The molecule has 140 valence electrons. The number of ether oxygens (including phenoxy) is 1. The average molecular weight is 435 g/mol. The number of allylic oxidation sites excluding steroid dienone is 1. The van der Waals surface area contributed by atoms with E-state index < -0.39 is 23.7 Å². The third-order valence-electron chi connectivity index (χ3n) is 3.10. The summed E-state index contributed by atoms with van der Waals surface area (Å²) in [7, 11) is 0. The van der Waals surface area contributed by atoms with Crippen LogP contribution in [0.3, 0.4) is 0 Å². The first-order valence-electron chi connectivity index (χ1n) is 7.34. The number of aryl methyl sites for hydroxylation is 1. The maximum atomic E-state index is 13.2. The van der Waals surface area contributed by atoms with E-state index in [1.165, 1.54) is 13.8 Å². The van der Waals surface area contributed by atoms with Gasteiger partial charge >= 0.3 is 12.1 Å². The highest BCUT2D eigenvalue weighted by atomic mass is 79.9. The number of carbonyl (C=O) groups is 2. The van der Waals surface area contributed by atoms with Crippen LogP contribution >= 0.6 is 15.9 Å². The number of nitrogens with one attached hydrogen (secondary N) is 1. The fourth-order valence-corrected chi connectivity index (χ4v) is 2.61. The number of nitrogens with zero attached hydrogens (tertiary/aromatic N) is 3. The Balaban J connectivity index is 2.43. The second-order valence-electron chi connectivity index (χ2n) is 5.21. The Morgan fingerprint density at radius 1 is 1.42 bits per heavy atom. The van der Waals surface area contributed by atoms with E-state index in [1.54, 1.807) is 6.92 Å². The summed E-state index contributed by atoms with van der Waals surface area (Å²) in [6.07, 6.45) is -3.63. The second kappa shape index (κ2) is 7.44. The second-order valence-corrected chi connectivity index (χ2v) is 6.01. The number of fused-ring (bicyclic) bond motifs is 1. The molecule has 0 saturated carbocycles. The smallest absolute Gasteiger partial charge is 0.433 e. The van der Waals surface area contributed by atoms with Crippen molar-refractivity contribution in [1.82, 2.24) is 19.9 Å². The monoisotopic (exact) mass is 434 g/mol. The van der Waals surface area contributed by atoms with Crippen LogP contribution < -0.4 is 5.32 Å². The number of hydrogen-bond acceptors (Lipinski definition) is 5. The lowest BCUT2D eigenvalue weighted by Gasteiger charge is -2.09. The normalized spacial score (nSPS) is 12.3. The zero-order chi connectivity index (χ0) is 19.6. The fraction of sp³-hybridized carbons (Fsp3) is 0.333. The molecule has 0 aliphatic heterocycles. The minimum absolute atomic E-state index is 0.00753. The Hall–Kier alpha value is -2.43. The lowest BCUT2D eigenvalue weighted by Crippen LogP contribution is -2.23. The van der Waals surface area contributed by atoms with Gasteiger partial charge in [-0.15, -0.1) is 0 Å². The summed E-state index contributed by atoms with van der Waals surface area (Å²) in [5.41, 5.74) is -1.23. The van der Waals surface area contributed by atoms with Crippen molar-refractivity contribution in [1.29, 1.82) is 0 Å². The summed E-state index contributed by atoms with van der Waals surface area (Å²) in [4.78, 5) is 27.7. The van der Waals surface area contributed by atoms with Gasteiger partial charge in [-0.3, -0.25) is 4.79 Å². The lowest BCUT2D eigenvalue weighted by atomic mass is 10.3. The summed E-state index contributed by atoms with van der Waals surface area (Å²) in [5, 5.41) is 6.09. The van der Waals surface area contributed by atoms with Crippen LogP contribution in [0.2, 0.25) is 0 Å². The molecule has 0 aliphatic carbocycles. The number of esters is 1. The Morgan fingerprint density at radius 3 is 2.65 bits per heavy atom. The van der Waals surface area contributed by atoms with Crippen LogP contribution in [0, 0.1) is 6.92 Å². The number of rotatable bonds is 4. The van der Waals surface area contributed by atoms with Crippen LogP contribution in [0.1, 0.15) is 35.7 Å². The molecule has 1 amide bonds. The lowest BCUT2D eigenvalue weighted by molar-refractivity contribution is -0.142. The molecule has 0 aromatic carbocycles. The Morgan fingerprint density at radius 2 is 2.08 bits per heavy atom. The van der Waals surface area contributed by atoms with Crippen molar-refractivity contribution in [3.63, 3.8) is 0 Å². The quantitative estimate of drug-likeness (QED) is 0.590. The SMILES string of the molecule is CCOC(=O)/C=C(\C)NC(=O)c1nn2c(C(F)(F)F)cc(C)nc2c1Br. The first kappa shape index (κ1) is 19.9. The summed E-state index contributed by atoms with van der Waals surface area (Å²) in [5.74, 6) is -1.46. The van der Waals surface area contributed by atoms with Crippen LogP contribution in [-0.4, -0.2) is 33.1 Å². The van der Waals surface area contributed by atoms with Crippen molar-refractivity contribution < 1.29 is 27.5 Å². The van der Waals surface area contributed by atoms with Crippen molar-refractivity contribution in [2.24, 2.45) is 0 Å². The molecule has 0 aliphatic rings. The summed E-state index contributed by atoms with van der Waals surface area (Å²) in [6.45, 7) is 4.63. The molecule has 0 bridgehead atoms. The van der Waals surface area contributed by atoms with Gasteiger partial charge in [0.25, 0.3) is 5.91 Å². The van der Waals surface area contributed by atoms with E-state index in [4.69, 9.17) is 4.74 Å². The molecular formula is C15H14BrF3N4O3. The molecule has 0 radical (unpaired) electrons. The summed E-state index contributed by atoms with van der Waals surface area (Å²) < 4.78 is 44.9. The minimum atomic E-state index is -4.68. The van der Waals surface area contributed by atoms with Crippen LogP contribution in [0.15, 0.2) is 22.3 Å². The van der Waals surface area contributed by atoms with Gasteiger partial charge in [0.2, 0.25) is 0 Å². The zero-order valence-electron chi connectivity index (χ0n) is 13.9. The number of halogens is 4. The van der Waals surface area contributed by atoms with Crippen molar-refractivity contribution in [2.45, 2.75) is 26.9 Å². The van der Waals surface area contributed by atoms with E-state index >= 15 is 0 Å². The van der Waals surface area contributed by atoms with Crippen molar-refractivity contribution in [2.75, 3.05) is 6.61 Å². The molecule has 0 spiro atoms. The molecule has 1 N–H and O–H groups in total. The Bertz CT molecular complexity index is 906. The predicted molar refractivity (Wildman–Crippen MR) is 88.3 cm³/mol. The van der Waals surface area contributed by atoms with Crippen LogP contribution in [0.4, 0.5) is 13.2 Å². The first-order valence-corrected chi connectivity index (χ1v) is 8.13. The third-order valence-corrected chi connectivity index (χ3v) is 3.83. The standard InChI is InChI=1S/C15H14BrF3N4O3/c1-4-26-10(24)6-8(3)21-14(25)12-11(16)13-20-7(2)5-9(15(17,18)19)23(13)22-12/h5-6H,4H2,1-3H3,(H,21,25)/b8-6+. The highest BCUT2D eigenvalue weighted by molar-refractivity contribution is 9.10. The molecule has 0 unspecified atom stereocenters. The molecule has 0 saturated heterocycles. The van der Waals surface area contributed by atoms with E-state index in [-0.39, 0.29) is 33.8 Å². The van der Waals surface area contributed by atoms with Crippen molar-refractivity contribution >= 4 is 33.5 Å². The number of hydrogen-bond donors (Lipinski definition) is 1. The molecule has 2 rings (SSSR count). The Labute approximate surface area is 154 Å². The largest absolute Gasteiger partial charge is 0.463 e. The molecule has 7 nitrogen and oxygen atoms in total. The van der Waals surface area contributed by atoms with Gasteiger partial charge in [-0.2, -0.15) is 18.3 Å². The Kier molecular flexibility index (Phi) is 5.69. The maximum absolute atomic E-state index is 13.2. The van der Waals surface area contributed by atoms with Gasteiger partial charge in [0.1, 0.15) is 5.69 Å². The van der Waals surface area contributed by atoms with Crippen LogP contribution in [-0.2, 0) is 15.7 Å². The molecule has 11 heteroatoms. The highest BCUT2D eigenvalue weighted by Crippen LogP contribution is 2.32. The van der Waals surface area contributed by atoms with E-state index in [2.05, 4.69) is 31.3 Å². The molecule has 2 aromatic heterocycles. The molecule has 2 heterocycles. The highest BCUT2D eigenvalue weighted by Gasteiger charge is 2.36. The molecule has 26 heavy (non-hydrogen) atoms. The maximum Gasteiger partial charge on any atom is 0.433 e. The third kappa shape index (κ3) is 4.21. The van der Waals surface area contributed by atoms with E-state index in [9.17, 15) is 22.8 Å². The topological polar surface area (TPSA) is 85.6 Å². The zero-order valence-corrected chi connectivity index (χ0v) is 15.5. The summed E-state index contributed by atoms with van der Waals surface area (Å²) in [6, 6.07) is 0.833. The average Bonchev–Trinajstić information content (AvgIpc) is 2.82. The van der Waals surface area contributed by atoms with Crippen LogP contribution in [0.25, 0.3) is 5.65 Å². The van der Waals surface area contributed by atoms with E-state index in [1.807, 2.05) is 0 Å². The van der Waals surface area contributed by atoms with Gasteiger partial charge in [-0.05, 0) is 42.8 Å². The predicted octanol–water partition coefficient (Wildman–Crippen LogP) is 3.02. The van der Waals surface area contributed by atoms with Gasteiger partial charge in [0.15, 0.2) is 11.3 Å². The minimum Gasteiger partial charge on any atom is -0.463 e. The number of carbonyl (C=O) groups excluding carboxylic acids is 2. The number of amides is 1. The van der Waals surface area contributed by atoms with Crippen LogP contribution in [0.5, 0.6) is 0 Å². The number of alkyl halides is 3. The van der Waals surface area contributed by atoms with Gasteiger partial charge < -0.3 is 10.1 Å². The number of aromatic nitrogens is 3. The molecular weight excluding hydrogens is 421 g/mol. The summed E-state index contributed by atoms with van der Waals surface area (Å²) >= 11 is 3.07. The van der Waals surface area contributed by atoms with Gasteiger partial charge in [-0.25, -0.2) is 14.3 Å². The fourth-order valence-electron chi connectivity index (χ4n) is 2.09.